The van der Waals surface area contributed by atoms with E-state index in [1.165, 1.54) is 4.88 Å². The number of ether oxygens (including phenoxy) is 1. The summed E-state index contributed by atoms with van der Waals surface area (Å²) in [5.74, 6) is 1.58. The third-order valence-electron chi connectivity index (χ3n) is 5.10. The SMILES string of the molecule is CCNC(=NCC(CC(C)C)N(C)C)NCC(c1cccs1)N1CCOCC1.I. The fourth-order valence-electron chi connectivity index (χ4n) is 3.50. The number of morpholine rings is 1. The van der Waals surface area contributed by atoms with Crippen LogP contribution in [-0.2, 0) is 4.74 Å². The average Bonchev–Trinajstić information content (AvgIpc) is 3.20. The van der Waals surface area contributed by atoms with Crippen LogP contribution in [0.15, 0.2) is 22.5 Å². The molecule has 0 bridgehead atoms. The third-order valence-corrected chi connectivity index (χ3v) is 6.07. The molecule has 0 spiro atoms. The molecule has 0 saturated carbocycles. The van der Waals surface area contributed by atoms with Crippen molar-refractivity contribution >= 4 is 41.3 Å². The van der Waals surface area contributed by atoms with Crippen LogP contribution in [0.2, 0.25) is 0 Å². The van der Waals surface area contributed by atoms with E-state index in [1.54, 1.807) is 0 Å². The van der Waals surface area contributed by atoms with E-state index < -0.39 is 0 Å². The zero-order valence-corrected chi connectivity index (χ0v) is 21.8. The lowest BCUT2D eigenvalue weighted by molar-refractivity contribution is 0.0177. The Morgan fingerprint density at radius 1 is 1.28 bits per heavy atom. The molecule has 0 radical (unpaired) electrons. The molecule has 29 heavy (non-hydrogen) atoms. The second-order valence-electron chi connectivity index (χ2n) is 8.03. The maximum atomic E-state index is 5.55. The van der Waals surface area contributed by atoms with Crippen LogP contribution in [-0.4, -0.2) is 81.8 Å². The van der Waals surface area contributed by atoms with Gasteiger partial charge in [-0.3, -0.25) is 9.89 Å². The molecule has 168 valence electrons. The van der Waals surface area contributed by atoms with Crippen molar-refractivity contribution < 1.29 is 4.74 Å². The first-order valence-corrected chi connectivity index (χ1v) is 11.4. The number of hydrogen-bond acceptors (Lipinski definition) is 5. The number of guanidine groups is 1. The van der Waals surface area contributed by atoms with Crippen molar-refractivity contribution in [1.82, 2.24) is 20.4 Å². The first-order valence-electron chi connectivity index (χ1n) is 10.5. The van der Waals surface area contributed by atoms with Gasteiger partial charge in [-0.05, 0) is 44.8 Å². The first kappa shape index (κ1) is 26.6. The summed E-state index contributed by atoms with van der Waals surface area (Å²) in [6, 6.07) is 5.19. The molecule has 0 aliphatic carbocycles. The molecule has 1 fully saturated rings. The molecule has 2 rings (SSSR count). The molecule has 1 aliphatic rings. The zero-order chi connectivity index (χ0) is 20.4. The summed E-state index contributed by atoms with van der Waals surface area (Å²) in [6.45, 7) is 12.8. The Morgan fingerprint density at radius 2 is 2.00 bits per heavy atom. The highest BCUT2D eigenvalue weighted by atomic mass is 127. The topological polar surface area (TPSA) is 52.1 Å². The number of aliphatic imine (C=N–C) groups is 1. The van der Waals surface area contributed by atoms with Gasteiger partial charge in [0.15, 0.2) is 5.96 Å². The van der Waals surface area contributed by atoms with Crippen LogP contribution in [0.1, 0.15) is 38.1 Å². The van der Waals surface area contributed by atoms with Crippen LogP contribution in [0.5, 0.6) is 0 Å². The standard InChI is InChI=1S/C21H39N5OS.HI/c1-6-22-21(23-15-18(25(4)5)14-17(2)3)24-16-19(20-8-7-13-28-20)26-9-11-27-12-10-26;/h7-8,13,17-19H,6,9-12,14-16H2,1-5H3,(H2,22,23,24);1H. The molecule has 1 aromatic heterocycles. The number of nitrogens with one attached hydrogen (secondary N) is 2. The maximum absolute atomic E-state index is 5.55. The fourth-order valence-corrected chi connectivity index (χ4v) is 4.37. The molecular formula is C21H40IN5OS. The van der Waals surface area contributed by atoms with Gasteiger partial charge in [-0.25, -0.2) is 0 Å². The second kappa shape index (κ2) is 14.6. The van der Waals surface area contributed by atoms with Crippen molar-refractivity contribution in [3.05, 3.63) is 22.4 Å². The van der Waals surface area contributed by atoms with E-state index in [-0.39, 0.29) is 24.0 Å². The summed E-state index contributed by atoms with van der Waals surface area (Å²) >= 11 is 1.83. The van der Waals surface area contributed by atoms with Crippen molar-refractivity contribution in [3.63, 3.8) is 0 Å². The van der Waals surface area contributed by atoms with Gasteiger partial charge >= 0.3 is 0 Å². The van der Waals surface area contributed by atoms with Crippen molar-refractivity contribution in [3.8, 4) is 0 Å². The monoisotopic (exact) mass is 537 g/mol. The van der Waals surface area contributed by atoms with Crippen molar-refractivity contribution in [2.45, 2.75) is 39.3 Å². The number of hydrogen-bond donors (Lipinski definition) is 2. The summed E-state index contributed by atoms with van der Waals surface area (Å²) in [5.41, 5.74) is 0. The lowest BCUT2D eigenvalue weighted by Crippen LogP contribution is -2.46. The summed E-state index contributed by atoms with van der Waals surface area (Å²) in [7, 11) is 4.29. The molecule has 1 saturated heterocycles. The molecule has 6 nitrogen and oxygen atoms in total. The Bertz CT molecular complexity index is 561. The van der Waals surface area contributed by atoms with Crippen LogP contribution in [0, 0.1) is 5.92 Å². The zero-order valence-electron chi connectivity index (χ0n) is 18.7. The minimum absolute atomic E-state index is 0. The molecular weight excluding hydrogens is 497 g/mol. The van der Waals surface area contributed by atoms with Crippen LogP contribution in [0.4, 0.5) is 0 Å². The van der Waals surface area contributed by atoms with E-state index in [4.69, 9.17) is 9.73 Å². The minimum atomic E-state index is 0. The summed E-state index contributed by atoms with van der Waals surface area (Å²) in [4.78, 5) is 11.1. The molecule has 0 aromatic carbocycles. The van der Waals surface area contributed by atoms with Crippen molar-refractivity contribution in [2.75, 3.05) is 60.0 Å². The predicted octanol–water partition coefficient (Wildman–Crippen LogP) is 3.27. The number of rotatable bonds is 10. The van der Waals surface area contributed by atoms with Gasteiger partial charge in [0.25, 0.3) is 0 Å². The number of likely N-dealkylation sites (N-methyl/N-ethyl adjacent to an activating group) is 1. The molecule has 2 unspecified atom stereocenters. The van der Waals surface area contributed by atoms with Gasteiger partial charge in [0.2, 0.25) is 0 Å². The Kier molecular flexibility index (Phi) is 13.4. The van der Waals surface area contributed by atoms with Gasteiger partial charge in [0.05, 0.1) is 25.8 Å². The Morgan fingerprint density at radius 3 is 2.55 bits per heavy atom. The molecule has 1 aliphatic heterocycles. The molecule has 0 amide bonds. The molecule has 2 heterocycles. The lowest BCUT2D eigenvalue weighted by atomic mass is 10.0. The first-order chi connectivity index (χ1) is 13.5. The van der Waals surface area contributed by atoms with E-state index in [0.717, 1.165) is 58.3 Å². The molecule has 1 aromatic rings. The van der Waals surface area contributed by atoms with Crippen molar-refractivity contribution in [1.29, 1.82) is 0 Å². The van der Waals surface area contributed by atoms with Gasteiger partial charge in [0, 0.05) is 37.1 Å². The van der Waals surface area contributed by atoms with Crippen LogP contribution in [0.25, 0.3) is 0 Å². The summed E-state index contributed by atoms with van der Waals surface area (Å²) in [6.07, 6.45) is 1.15. The van der Waals surface area contributed by atoms with E-state index in [1.807, 2.05) is 11.3 Å². The number of nitrogens with zero attached hydrogens (tertiary/aromatic N) is 3. The highest BCUT2D eigenvalue weighted by molar-refractivity contribution is 14.0. The number of halogens is 1. The summed E-state index contributed by atoms with van der Waals surface area (Å²) < 4.78 is 5.55. The number of thiophene rings is 1. The van der Waals surface area contributed by atoms with Crippen LogP contribution < -0.4 is 10.6 Å². The van der Waals surface area contributed by atoms with E-state index >= 15 is 0 Å². The van der Waals surface area contributed by atoms with Gasteiger partial charge in [-0.15, -0.1) is 35.3 Å². The Labute approximate surface area is 198 Å². The smallest absolute Gasteiger partial charge is 0.191 e. The van der Waals surface area contributed by atoms with E-state index in [0.29, 0.717) is 18.0 Å². The predicted molar refractivity (Wildman–Crippen MR) is 136 cm³/mol. The third kappa shape index (κ3) is 9.50. The van der Waals surface area contributed by atoms with Crippen LogP contribution >= 0.6 is 35.3 Å². The quantitative estimate of drug-likeness (QED) is 0.273. The Hall–Kier alpha value is -0.420. The molecule has 2 atom stereocenters. The van der Waals surface area contributed by atoms with Gasteiger partial charge in [-0.1, -0.05) is 19.9 Å². The minimum Gasteiger partial charge on any atom is -0.379 e. The largest absolute Gasteiger partial charge is 0.379 e. The van der Waals surface area contributed by atoms with E-state index in [2.05, 4.69) is 72.8 Å². The highest BCUT2D eigenvalue weighted by Gasteiger charge is 2.23. The van der Waals surface area contributed by atoms with Crippen LogP contribution in [0.3, 0.4) is 0 Å². The molecule has 2 N–H and O–H groups in total. The summed E-state index contributed by atoms with van der Waals surface area (Å²) in [5, 5.41) is 9.18. The van der Waals surface area contributed by atoms with Gasteiger partial charge in [0.1, 0.15) is 0 Å². The molecule has 8 heteroatoms. The van der Waals surface area contributed by atoms with Gasteiger partial charge < -0.3 is 20.3 Å². The lowest BCUT2D eigenvalue weighted by Gasteiger charge is -2.34. The van der Waals surface area contributed by atoms with Crippen molar-refractivity contribution in [2.24, 2.45) is 10.9 Å². The van der Waals surface area contributed by atoms with Gasteiger partial charge in [-0.2, -0.15) is 0 Å². The second-order valence-corrected chi connectivity index (χ2v) is 9.01. The average molecular weight is 538 g/mol. The fraction of sp³-hybridized carbons (Fsp3) is 0.762. The maximum Gasteiger partial charge on any atom is 0.191 e. The normalized spacial score (nSPS) is 17.8. The Balaban J connectivity index is 0.00000420. The van der Waals surface area contributed by atoms with E-state index in [9.17, 15) is 0 Å². The highest BCUT2D eigenvalue weighted by Crippen LogP contribution is 2.25.